The predicted molar refractivity (Wildman–Crippen MR) is 141 cm³/mol. The zero-order valence-electron chi connectivity index (χ0n) is 21.5. The van der Waals surface area contributed by atoms with E-state index in [9.17, 15) is 18.0 Å². The highest BCUT2D eigenvalue weighted by Crippen LogP contribution is 2.30. The molecule has 0 aliphatic rings. The Morgan fingerprint density at radius 1 is 1.33 bits per heavy atom. The Bertz CT molecular complexity index is 1080. The third-order valence-corrected chi connectivity index (χ3v) is 5.51. The molecule has 1 aromatic rings. The van der Waals surface area contributed by atoms with Crippen molar-refractivity contribution in [1.82, 2.24) is 4.90 Å². The number of hydrogen-bond donors (Lipinski definition) is 0. The summed E-state index contributed by atoms with van der Waals surface area (Å²) in [6, 6.07) is 4.97. The lowest BCUT2D eigenvalue weighted by atomic mass is 10.1. The maximum atomic E-state index is 13.5. The Morgan fingerprint density at radius 2 is 2.00 bits per heavy atom. The highest BCUT2D eigenvalue weighted by atomic mass is 35.5. The molecule has 1 rings (SSSR count). The van der Waals surface area contributed by atoms with Gasteiger partial charge in [0.1, 0.15) is 12.4 Å². The average molecular weight is 524 g/mol. The van der Waals surface area contributed by atoms with Crippen LogP contribution in [0.25, 0.3) is 0 Å². The quantitative estimate of drug-likeness (QED) is 0.111. The lowest BCUT2D eigenvalue weighted by Crippen LogP contribution is -2.41. The first-order valence-electron chi connectivity index (χ1n) is 11.5. The van der Waals surface area contributed by atoms with E-state index < -0.39 is 17.8 Å². The molecule has 0 heterocycles. The summed E-state index contributed by atoms with van der Waals surface area (Å²) in [5, 5.41) is 5.65. The second-order valence-electron chi connectivity index (χ2n) is 7.82. The number of likely N-dealkylation sites (N-methyl/N-ethyl adjacent to an activating group) is 1. The van der Waals surface area contributed by atoms with Crippen LogP contribution >= 0.6 is 11.6 Å². The zero-order valence-corrected chi connectivity index (χ0v) is 22.3. The zero-order chi connectivity index (χ0) is 27.5. The lowest BCUT2D eigenvalue weighted by molar-refractivity contribution is -0.0883. The Hall–Kier alpha value is -3.18. The molecule has 0 aliphatic heterocycles. The van der Waals surface area contributed by atoms with E-state index in [1.165, 1.54) is 13.1 Å². The first kappa shape index (κ1) is 30.9. The fourth-order valence-corrected chi connectivity index (χ4v) is 3.49. The highest BCUT2D eigenvalue weighted by molar-refractivity contribution is 6.31. The van der Waals surface area contributed by atoms with Crippen molar-refractivity contribution >= 4 is 29.4 Å². The number of nitrogens with zero attached hydrogens (tertiary/aromatic N) is 3. The molecule has 9 heteroatoms. The molecule has 0 spiro atoms. The summed E-state index contributed by atoms with van der Waals surface area (Å²) in [6.45, 7) is 12.7. The molecule has 36 heavy (non-hydrogen) atoms. The standard InChI is InChI=1S/C27H33ClF3N3O2/c1-8-11-12-16-32-33(7)25-19(4)14-13-15-23(25)26(35)34(10-3)20(5)18-36-21(6)24(28)17-22(9-2)27(29,30)31/h9,13-17,20H,6,8,10,18H2,1-5,7H3/b22-9+,24-17+,32-16-/t20-/m0/s1. The van der Waals surface area contributed by atoms with Crippen LogP contribution in [-0.2, 0) is 4.74 Å². The topological polar surface area (TPSA) is 45.1 Å². The van der Waals surface area contributed by atoms with E-state index >= 15 is 0 Å². The number of carbonyl (C=O) groups excluding carboxylic acids is 1. The minimum absolute atomic E-state index is 0.0125. The number of allylic oxidation sites excluding steroid dienone is 4. The minimum atomic E-state index is -4.54. The normalized spacial score (nSPS) is 13.2. The number of para-hydroxylation sites is 1. The summed E-state index contributed by atoms with van der Waals surface area (Å²) in [7, 11) is 1.74. The van der Waals surface area contributed by atoms with Crippen LogP contribution in [0, 0.1) is 18.8 Å². The monoisotopic (exact) mass is 523 g/mol. The van der Waals surface area contributed by atoms with E-state index in [4.69, 9.17) is 16.3 Å². The molecule has 0 fully saturated rings. The number of aryl methyl sites for hydroxylation is 1. The van der Waals surface area contributed by atoms with E-state index in [2.05, 4.69) is 23.5 Å². The summed E-state index contributed by atoms with van der Waals surface area (Å²) in [5.74, 6) is 5.38. The third-order valence-electron chi connectivity index (χ3n) is 5.19. The highest BCUT2D eigenvalue weighted by Gasteiger charge is 2.32. The van der Waals surface area contributed by atoms with E-state index in [1.807, 2.05) is 26.8 Å². The van der Waals surface area contributed by atoms with Crippen LogP contribution in [-0.4, -0.2) is 49.4 Å². The summed E-state index contributed by atoms with van der Waals surface area (Å²) in [6.07, 6.45) is -0.677. The number of halogens is 4. The molecule has 5 nitrogen and oxygen atoms in total. The number of benzene rings is 1. The first-order valence-corrected chi connectivity index (χ1v) is 11.8. The van der Waals surface area contributed by atoms with Gasteiger partial charge in [0.15, 0.2) is 0 Å². The third kappa shape index (κ3) is 8.80. The van der Waals surface area contributed by atoms with Crippen molar-refractivity contribution in [2.75, 3.05) is 25.2 Å². The fourth-order valence-electron chi connectivity index (χ4n) is 3.32. The number of hydrogen-bond acceptors (Lipinski definition) is 4. The number of carbonyl (C=O) groups is 1. The van der Waals surface area contributed by atoms with Gasteiger partial charge in [0.2, 0.25) is 0 Å². The molecule has 0 aliphatic carbocycles. The molecular weight excluding hydrogens is 491 g/mol. The van der Waals surface area contributed by atoms with Crippen LogP contribution in [0.2, 0.25) is 0 Å². The van der Waals surface area contributed by atoms with Crippen molar-refractivity contribution < 1.29 is 22.7 Å². The molecular formula is C27H33ClF3N3O2. The number of ether oxygens (including phenoxy) is 1. The van der Waals surface area contributed by atoms with E-state index in [-0.39, 0.29) is 23.3 Å². The van der Waals surface area contributed by atoms with Crippen LogP contribution < -0.4 is 5.01 Å². The molecule has 196 valence electrons. The molecule has 1 aromatic carbocycles. The van der Waals surface area contributed by atoms with Gasteiger partial charge in [0, 0.05) is 20.0 Å². The van der Waals surface area contributed by atoms with Crippen molar-refractivity contribution in [3.05, 3.63) is 64.4 Å². The summed E-state index contributed by atoms with van der Waals surface area (Å²) < 4.78 is 44.5. The number of anilines is 1. The van der Waals surface area contributed by atoms with Gasteiger partial charge in [-0.1, -0.05) is 55.2 Å². The predicted octanol–water partition coefficient (Wildman–Crippen LogP) is 6.84. The van der Waals surface area contributed by atoms with Crippen molar-refractivity contribution in [2.24, 2.45) is 5.10 Å². The second kappa shape index (κ2) is 14.4. The van der Waals surface area contributed by atoms with Gasteiger partial charge in [0.25, 0.3) is 5.91 Å². The molecule has 0 unspecified atom stereocenters. The van der Waals surface area contributed by atoms with E-state index in [0.29, 0.717) is 24.2 Å². The van der Waals surface area contributed by atoms with Crippen LogP contribution in [0.5, 0.6) is 0 Å². The van der Waals surface area contributed by atoms with Gasteiger partial charge < -0.3 is 9.64 Å². The van der Waals surface area contributed by atoms with E-state index in [0.717, 1.165) is 17.7 Å². The van der Waals surface area contributed by atoms with Gasteiger partial charge in [-0.2, -0.15) is 18.3 Å². The van der Waals surface area contributed by atoms with Gasteiger partial charge in [-0.15, -0.1) is 0 Å². The van der Waals surface area contributed by atoms with Gasteiger partial charge in [-0.05, 0) is 45.4 Å². The number of alkyl halides is 3. The van der Waals surface area contributed by atoms with Gasteiger partial charge >= 0.3 is 6.18 Å². The number of amides is 1. The Morgan fingerprint density at radius 3 is 2.56 bits per heavy atom. The van der Waals surface area contributed by atoms with Gasteiger partial charge in [-0.25, -0.2) is 0 Å². The van der Waals surface area contributed by atoms with Crippen molar-refractivity contribution in [3.8, 4) is 11.8 Å². The summed E-state index contributed by atoms with van der Waals surface area (Å²) in [4.78, 5) is 15.1. The van der Waals surface area contributed by atoms with Crippen LogP contribution in [0.3, 0.4) is 0 Å². The first-order chi connectivity index (χ1) is 16.9. The number of rotatable bonds is 10. The second-order valence-corrected chi connectivity index (χ2v) is 8.23. The van der Waals surface area contributed by atoms with E-state index in [1.54, 1.807) is 36.0 Å². The number of hydrazone groups is 1. The largest absolute Gasteiger partial charge is 0.491 e. The molecule has 0 aromatic heterocycles. The van der Waals surface area contributed by atoms with Gasteiger partial charge in [-0.3, -0.25) is 9.80 Å². The Labute approximate surface area is 216 Å². The molecule has 0 N–H and O–H groups in total. The molecule has 0 radical (unpaired) electrons. The Kier molecular flexibility index (Phi) is 12.3. The molecule has 0 saturated carbocycles. The molecule has 0 saturated heterocycles. The average Bonchev–Trinajstić information content (AvgIpc) is 2.82. The fraction of sp³-hybridized carbons (Fsp3) is 0.407. The molecule has 0 bridgehead atoms. The lowest BCUT2D eigenvalue weighted by Gasteiger charge is -2.30. The Balaban J connectivity index is 3.08. The smallest absolute Gasteiger partial charge is 0.416 e. The van der Waals surface area contributed by atoms with Crippen LogP contribution in [0.4, 0.5) is 18.9 Å². The maximum absolute atomic E-state index is 13.5. The SMILES string of the molecule is C=C(OC[C@H](C)N(CC)C(=O)c1cccc(C)c1N(C)/N=C\C#CCC)/C(Cl)=C\C(=C/C)C(F)(F)F. The van der Waals surface area contributed by atoms with Gasteiger partial charge in [0.05, 0.1) is 34.1 Å². The van der Waals surface area contributed by atoms with Crippen molar-refractivity contribution in [2.45, 2.75) is 53.3 Å². The van der Waals surface area contributed by atoms with Crippen molar-refractivity contribution in [3.63, 3.8) is 0 Å². The minimum Gasteiger partial charge on any atom is -0.491 e. The molecule has 1 atom stereocenters. The molecule has 1 amide bonds. The summed E-state index contributed by atoms with van der Waals surface area (Å²) in [5.41, 5.74) is 1.05. The van der Waals surface area contributed by atoms with Crippen LogP contribution in [0.15, 0.2) is 58.4 Å². The summed E-state index contributed by atoms with van der Waals surface area (Å²) >= 11 is 5.99. The van der Waals surface area contributed by atoms with Crippen LogP contribution in [0.1, 0.15) is 50.0 Å². The van der Waals surface area contributed by atoms with Crippen molar-refractivity contribution in [1.29, 1.82) is 0 Å². The maximum Gasteiger partial charge on any atom is 0.416 e.